The van der Waals surface area contributed by atoms with Gasteiger partial charge in [-0.2, -0.15) is 16.1 Å². The first-order valence-corrected chi connectivity index (χ1v) is 11.5. The van der Waals surface area contributed by atoms with E-state index in [1.807, 2.05) is 13.8 Å². The van der Waals surface area contributed by atoms with E-state index in [9.17, 15) is 8.42 Å². The molecule has 10 heteroatoms. The monoisotopic (exact) mass is 522 g/mol. The molecule has 0 saturated carbocycles. The van der Waals surface area contributed by atoms with Gasteiger partial charge < -0.3 is 15.0 Å². The maximum atomic E-state index is 12.4. The molecule has 1 aliphatic rings. The minimum atomic E-state index is -3.26. The molecule has 26 heavy (non-hydrogen) atoms. The van der Waals surface area contributed by atoms with Crippen molar-refractivity contribution < 1.29 is 13.2 Å². The predicted molar refractivity (Wildman–Crippen MR) is 122 cm³/mol. The Bertz CT molecular complexity index is 534. The Morgan fingerprint density at radius 1 is 1.27 bits per heavy atom. The van der Waals surface area contributed by atoms with Crippen LogP contribution >= 0.6 is 35.7 Å². The van der Waals surface area contributed by atoms with E-state index in [4.69, 9.17) is 4.74 Å². The van der Waals surface area contributed by atoms with Crippen LogP contribution in [0.15, 0.2) is 4.99 Å². The third kappa shape index (κ3) is 8.94. The molecule has 1 aliphatic heterocycles. The number of ether oxygens (including phenoxy) is 1. The Morgan fingerprint density at radius 3 is 2.31 bits per heavy atom. The Labute approximate surface area is 180 Å². The highest BCUT2D eigenvalue weighted by Crippen LogP contribution is 2.19. The van der Waals surface area contributed by atoms with Crippen LogP contribution in [0.3, 0.4) is 0 Å². The molecule has 1 fully saturated rings. The maximum Gasteiger partial charge on any atom is 0.216 e. The molecule has 0 unspecified atom stereocenters. The van der Waals surface area contributed by atoms with E-state index in [0.29, 0.717) is 26.2 Å². The molecule has 0 radical (unpaired) electrons. The number of rotatable bonds is 8. The van der Waals surface area contributed by atoms with Crippen molar-refractivity contribution in [3.63, 3.8) is 0 Å². The summed E-state index contributed by atoms with van der Waals surface area (Å²) in [5, 5.41) is 3.40. The number of nitrogens with zero attached hydrogens (tertiary/aromatic N) is 3. The Morgan fingerprint density at radius 2 is 1.85 bits per heavy atom. The van der Waals surface area contributed by atoms with E-state index in [2.05, 4.69) is 35.3 Å². The first-order valence-electron chi connectivity index (χ1n) is 8.71. The molecule has 7 nitrogen and oxygen atoms in total. The number of sulfonamides is 1. The molecule has 1 saturated heterocycles. The van der Waals surface area contributed by atoms with Crippen molar-refractivity contribution in [2.24, 2.45) is 4.99 Å². The summed E-state index contributed by atoms with van der Waals surface area (Å²) in [6.07, 6.45) is 2.14. The lowest BCUT2D eigenvalue weighted by atomic mass is 10.2. The summed E-state index contributed by atoms with van der Waals surface area (Å²) < 4.78 is 31.8. The molecule has 0 atom stereocenters. The van der Waals surface area contributed by atoms with Crippen LogP contribution in [0.1, 0.15) is 27.7 Å². The van der Waals surface area contributed by atoms with Crippen LogP contribution in [0.5, 0.6) is 0 Å². The fraction of sp³-hybridized carbons (Fsp3) is 0.938. The lowest BCUT2D eigenvalue weighted by molar-refractivity contribution is 0.0904. The number of hydrogen-bond acceptors (Lipinski definition) is 5. The zero-order chi connectivity index (χ0) is 19.1. The summed E-state index contributed by atoms with van der Waals surface area (Å²) in [4.78, 5) is 6.46. The van der Waals surface area contributed by atoms with E-state index in [1.54, 1.807) is 23.1 Å². The summed E-state index contributed by atoms with van der Waals surface area (Å²) in [6, 6.07) is 0. The molecule has 1 N–H and O–H groups in total. The SMILES string of the molecule is CN=C(NCC(C)(C)SC)N1CCN(S(=O)(=O)CCOC(C)C)CC1.I. The normalized spacial score (nSPS) is 17.3. The Kier molecular flexibility index (Phi) is 12.0. The van der Waals surface area contributed by atoms with Gasteiger partial charge in [0.15, 0.2) is 5.96 Å². The summed E-state index contributed by atoms with van der Waals surface area (Å²) in [6.45, 7) is 11.5. The fourth-order valence-electron chi connectivity index (χ4n) is 2.39. The summed E-state index contributed by atoms with van der Waals surface area (Å²) in [5.74, 6) is 0.877. The highest BCUT2D eigenvalue weighted by molar-refractivity contribution is 14.0. The Balaban J connectivity index is 0.00000625. The number of hydrogen-bond donors (Lipinski definition) is 1. The molecular weight excluding hydrogens is 487 g/mol. The van der Waals surface area contributed by atoms with E-state index in [-0.39, 0.29) is 47.2 Å². The van der Waals surface area contributed by atoms with Gasteiger partial charge in [-0.3, -0.25) is 4.99 Å². The summed E-state index contributed by atoms with van der Waals surface area (Å²) >= 11 is 1.80. The van der Waals surface area contributed by atoms with Crippen LogP contribution in [-0.2, 0) is 14.8 Å². The van der Waals surface area contributed by atoms with Crippen LogP contribution in [0.2, 0.25) is 0 Å². The third-order valence-electron chi connectivity index (χ3n) is 4.16. The first kappa shape index (κ1) is 26.2. The van der Waals surface area contributed by atoms with E-state index in [0.717, 1.165) is 12.5 Å². The second kappa shape index (κ2) is 11.9. The summed E-state index contributed by atoms with van der Waals surface area (Å²) in [5.41, 5.74) is 0. The molecule has 0 spiro atoms. The van der Waals surface area contributed by atoms with Gasteiger partial charge in [0.1, 0.15) is 0 Å². The number of piperazine rings is 1. The average Bonchev–Trinajstić information content (AvgIpc) is 2.55. The van der Waals surface area contributed by atoms with Gasteiger partial charge in [0.25, 0.3) is 0 Å². The molecule has 0 aliphatic carbocycles. The fourth-order valence-corrected chi connectivity index (χ4v) is 3.89. The second-order valence-corrected chi connectivity index (χ2v) is 10.6. The van der Waals surface area contributed by atoms with Gasteiger partial charge in [-0.25, -0.2) is 8.42 Å². The van der Waals surface area contributed by atoms with Crippen LogP contribution in [0.4, 0.5) is 0 Å². The molecule has 1 rings (SSSR count). The van der Waals surface area contributed by atoms with Crippen molar-refractivity contribution in [2.75, 3.05) is 58.4 Å². The lowest BCUT2D eigenvalue weighted by Crippen LogP contribution is -2.55. The standard InChI is InChI=1S/C16H34N4O3S2.HI/c1-14(2)23-11-12-25(21,22)20-9-7-19(8-10-20)15(17-5)18-13-16(3,4)24-6;/h14H,7-13H2,1-6H3,(H,17,18);1H. The van der Waals surface area contributed by atoms with Crippen molar-refractivity contribution in [2.45, 2.75) is 38.5 Å². The van der Waals surface area contributed by atoms with Crippen molar-refractivity contribution in [1.29, 1.82) is 0 Å². The lowest BCUT2D eigenvalue weighted by Gasteiger charge is -2.36. The molecule has 156 valence electrons. The minimum absolute atomic E-state index is 0. The molecule has 1 heterocycles. The van der Waals surface area contributed by atoms with Crippen LogP contribution in [-0.4, -0.2) is 92.8 Å². The van der Waals surface area contributed by atoms with Crippen molar-refractivity contribution in [3.8, 4) is 0 Å². The molecule has 0 bridgehead atoms. The summed E-state index contributed by atoms with van der Waals surface area (Å²) in [7, 11) is -1.49. The molecular formula is C16H35IN4O3S2. The van der Waals surface area contributed by atoms with Crippen molar-refractivity contribution in [1.82, 2.24) is 14.5 Å². The number of guanidine groups is 1. The molecule has 0 aromatic heterocycles. The smallest absolute Gasteiger partial charge is 0.216 e. The van der Waals surface area contributed by atoms with E-state index >= 15 is 0 Å². The van der Waals surface area contributed by atoms with Gasteiger partial charge in [-0.15, -0.1) is 24.0 Å². The average molecular weight is 523 g/mol. The maximum absolute atomic E-state index is 12.4. The topological polar surface area (TPSA) is 74.2 Å². The number of aliphatic imine (C=N–C) groups is 1. The van der Waals surface area contributed by atoms with Crippen molar-refractivity contribution in [3.05, 3.63) is 0 Å². The van der Waals surface area contributed by atoms with Gasteiger partial charge in [0.05, 0.1) is 18.5 Å². The minimum Gasteiger partial charge on any atom is -0.378 e. The van der Waals surface area contributed by atoms with Gasteiger partial charge in [-0.05, 0) is 34.0 Å². The predicted octanol–water partition coefficient (Wildman–Crippen LogP) is 1.69. The van der Waals surface area contributed by atoms with Crippen molar-refractivity contribution >= 4 is 51.7 Å². The molecule has 0 amide bonds. The van der Waals surface area contributed by atoms with E-state index in [1.165, 1.54) is 0 Å². The van der Waals surface area contributed by atoms with Gasteiger partial charge in [-0.1, -0.05) is 0 Å². The van der Waals surface area contributed by atoms with Gasteiger partial charge in [0.2, 0.25) is 10.0 Å². The van der Waals surface area contributed by atoms with Crippen LogP contribution < -0.4 is 5.32 Å². The third-order valence-corrected chi connectivity index (χ3v) is 7.24. The quantitative estimate of drug-likeness (QED) is 0.297. The number of halogens is 1. The first-order chi connectivity index (χ1) is 11.6. The highest BCUT2D eigenvalue weighted by Gasteiger charge is 2.28. The largest absolute Gasteiger partial charge is 0.378 e. The number of thioether (sulfide) groups is 1. The zero-order valence-electron chi connectivity index (χ0n) is 16.8. The molecule has 0 aromatic carbocycles. The highest BCUT2D eigenvalue weighted by atomic mass is 127. The van der Waals surface area contributed by atoms with E-state index < -0.39 is 10.0 Å². The number of nitrogens with one attached hydrogen (secondary N) is 1. The van der Waals surface area contributed by atoms with Crippen LogP contribution in [0, 0.1) is 0 Å². The van der Waals surface area contributed by atoms with Gasteiger partial charge >= 0.3 is 0 Å². The zero-order valence-corrected chi connectivity index (χ0v) is 20.8. The van der Waals surface area contributed by atoms with Gasteiger partial charge in [0, 0.05) is 44.5 Å². The molecule has 0 aromatic rings. The second-order valence-electron chi connectivity index (χ2n) is 6.99. The van der Waals surface area contributed by atoms with Crippen LogP contribution in [0.25, 0.3) is 0 Å². The Hall–Kier alpha value is 0.220.